The van der Waals surface area contributed by atoms with Crippen LogP contribution in [0.3, 0.4) is 0 Å². The summed E-state index contributed by atoms with van der Waals surface area (Å²) in [6.45, 7) is 9.14. The Hall–Kier alpha value is -3.52. The molecule has 1 aromatic carbocycles. The van der Waals surface area contributed by atoms with E-state index >= 15 is 0 Å². The summed E-state index contributed by atoms with van der Waals surface area (Å²) >= 11 is 1.47. The van der Waals surface area contributed by atoms with Crippen molar-refractivity contribution in [1.82, 2.24) is 19.9 Å². The first-order valence-electron chi connectivity index (χ1n) is 10.7. The van der Waals surface area contributed by atoms with Crippen LogP contribution in [0.4, 0.5) is 11.6 Å². The van der Waals surface area contributed by atoms with Gasteiger partial charge in [-0.1, -0.05) is 54.3 Å². The van der Waals surface area contributed by atoms with Crippen LogP contribution < -0.4 is 10.2 Å². The molecule has 1 aliphatic heterocycles. The van der Waals surface area contributed by atoms with Gasteiger partial charge in [-0.05, 0) is 36.8 Å². The minimum absolute atomic E-state index is 0.137. The summed E-state index contributed by atoms with van der Waals surface area (Å²) < 4.78 is 0. The molecule has 8 heteroatoms. The van der Waals surface area contributed by atoms with E-state index in [9.17, 15) is 4.79 Å². The zero-order valence-electron chi connectivity index (χ0n) is 19.0. The van der Waals surface area contributed by atoms with Gasteiger partial charge in [0.1, 0.15) is 18.0 Å². The smallest absolute Gasteiger partial charge is 0.262 e. The van der Waals surface area contributed by atoms with Crippen molar-refractivity contribution in [2.75, 3.05) is 23.0 Å². The lowest BCUT2D eigenvalue weighted by molar-refractivity contribution is 0.0978. The van der Waals surface area contributed by atoms with Crippen LogP contribution in [0.25, 0.3) is 5.57 Å². The number of anilines is 2. The summed E-state index contributed by atoms with van der Waals surface area (Å²) in [7, 11) is 0. The Morgan fingerprint density at radius 1 is 1.21 bits per heavy atom. The predicted octanol–water partition coefficient (Wildman–Crippen LogP) is 4.78. The molecule has 0 unspecified atom stereocenters. The van der Waals surface area contributed by atoms with Crippen molar-refractivity contribution in [3.8, 4) is 0 Å². The Morgan fingerprint density at radius 2 is 2.00 bits per heavy atom. The molecule has 0 fully saturated rings. The molecule has 7 nitrogen and oxygen atoms in total. The van der Waals surface area contributed by atoms with E-state index in [0.717, 1.165) is 16.8 Å². The van der Waals surface area contributed by atoms with E-state index in [4.69, 9.17) is 0 Å². The molecule has 3 aromatic rings. The van der Waals surface area contributed by atoms with Gasteiger partial charge >= 0.3 is 0 Å². The van der Waals surface area contributed by atoms with Crippen LogP contribution in [0.15, 0.2) is 66.2 Å². The summed E-state index contributed by atoms with van der Waals surface area (Å²) in [5, 5.41) is 4.00. The summed E-state index contributed by atoms with van der Waals surface area (Å²) in [5.41, 5.74) is 5.84. The van der Waals surface area contributed by atoms with Gasteiger partial charge in [0.05, 0.1) is 11.3 Å². The van der Waals surface area contributed by atoms with Crippen LogP contribution in [0.1, 0.15) is 41.0 Å². The van der Waals surface area contributed by atoms with Gasteiger partial charge in [-0.15, -0.1) is 0 Å². The number of rotatable bonds is 7. The second-order valence-corrected chi connectivity index (χ2v) is 8.68. The second-order valence-electron chi connectivity index (χ2n) is 7.91. The highest BCUT2D eigenvalue weighted by molar-refractivity contribution is 7.98. The van der Waals surface area contributed by atoms with Gasteiger partial charge in [0.25, 0.3) is 5.91 Å². The van der Waals surface area contributed by atoms with Crippen molar-refractivity contribution in [2.24, 2.45) is 0 Å². The third kappa shape index (κ3) is 5.28. The number of fused-ring (bicyclic) bond motifs is 1. The number of hydrogen-bond donors (Lipinski definition) is 1. The molecule has 1 aliphatic rings. The Balaban J connectivity index is 1.44. The maximum absolute atomic E-state index is 13.0. The van der Waals surface area contributed by atoms with E-state index < -0.39 is 0 Å². The zero-order valence-corrected chi connectivity index (χ0v) is 19.8. The van der Waals surface area contributed by atoms with Crippen LogP contribution >= 0.6 is 11.8 Å². The second kappa shape index (κ2) is 9.95. The molecule has 2 aromatic heterocycles. The van der Waals surface area contributed by atoms with E-state index in [2.05, 4.69) is 69.1 Å². The van der Waals surface area contributed by atoms with Crippen molar-refractivity contribution in [3.05, 3.63) is 83.5 Å². The number of carbonyl (C=O) groups excluding carboxylic acids is 1. The molecule has 1 amide bonds. The highest BCUT2D eigenvalue weighted by atomic mass is 32.2. The molecule has 3 heterocycles. The summed E-state index contributed by atoms with van der Waals surface area (Å²) in [6, 6.07) is 10.2. The lowest BCUT2D eigenvalue weighted by atomic mass is 10.0. The molecule has 168 valence electrons. The molecule has 0 saturated heterocycles. The Morgan fingerprint density at radius 3 is 2.73 bits per heavy atom. The molecule has 33 heavy (non-hydrogen) atoms. The van der Waals surface area contributed by atoms with Crippen LogP contribution in [0.5, 0.6) is 0 Å². The first kappa shape index (κ1) is 22.7. The normalized spacial score (nSPS) is 13.6. The van der Waals surface area contributed by atoms with E-state index in [-0.39, 0.29) is 5.91 Å². The fraction of sp³-hybridized carbons (Fsp3) is 0.240. The van der Waals surface area contributed by atoms with Crippen LogP contribution in [-0.4, -0.2) is 38.6 Å². The molecule has 0 atom stereocenters. The summed E-state index contributed by atoms with van der Waals surface area (Å²) in [5.74, 6) is 1.09. The number of nitrogens with one attached hydrogen (secondary N) is 1. The van der Waals surface area contributed by atoms with Crippen molar-refractivity contribution >= 4 is 34.9 Å². The fourth-order valence-corrected chi connectivity index (χ4v) is 4.03. The van der Waals surface area contributed by atoms with Gasteiger partial charge < -0.3 is 5.32 Å². The lowest BCUT2D eigenvalue weighted by Crippen LogP contribution is -2.39. The fourth-order valence-electron chi connectivity index (χ4n) is 3.67. The standard InChI is InChI=1S/C25H26N6OS/c1-16(2)11-17(3)19-7-5-18(6-8-19)13-26-22-12-23(29-15-28-22)31-10-9-21-20(24(31)32)14-27-25(30-21)33-4/h5-8,11-12,14-15H,1,9-10,13H2,2-4H3,(H,26,28,29)/b17-11+. The highest BCUT2D eigenvalue weighted by Gasteiger charge is 2.28. The lowest BCUT2D eigenvalue weighted by Gasteiger charge is -2.27. The minimum Gasteiger partial charge on any atom is -0.366 e. The molecule has 0 bridgehead atoms. The number of carbonyl (C=O) groups is 1. The van der Waals surface area contributed by atoms with E-state index in [1.54, 1.807) is 17.2 Å². The zero-order chi connectivity index (χ0) is 23.4. The van der Waals surface area contributed by atoms with Gasteiger partial charge in [0.2, 0.25) is 0 Å². The first-order chi connectivity index (χ1) is 15.9. The number of aromatic nitrogens is 4. The van der Waals surface area contributed by atoms with Gasteiger partial charge in [0.15, 0.2) is 5.16 Å². The number of allylic oxidation sites excluding steroid dienone is 3. The molecule has 0 spiro atoms. The average Bonchev–Trinajstić information content (AvgIpc) is 2.83. The van der Waals surface area contributed by atoms with Crippen LogP contribution in [0, 0.1) is 0 Å². The SMILES string of the molecule is C=C(C)/C=C(\C)c1ccc(CNc2cc(N3CCc4nc(SC)ncc4C3=O)ncn2)cc1. The first-order valence-corrected chi connectivity index (χ1v) is 11.9. The maximum atomic E-state index is 13.0. The summed E-state index contributed by atoms with van der Waals surface area (Å²) in [4.78, 5) is 32.0. The third-order valence-corrected chi connectivity index (χ3v) is 5.91. The molecular formula is C25H26N6OS. The third-order valence-electron chi connectivity index (χ3n) is 5.35. The van der Waals surface area contributed by atoms with Crippen molar-refractivity contribution in [1.29, 1.82) is 0 Å². The molecule has 0 radical (unpaired) electrons. The monoisotopic (exact) mass is 458 g/mol. The number of amides is 1. The van der Waals surface area contributed by atoms with Gasteiger partial charge in [-0.3, -0.25) is 9.69 Å². The van der Waals surface area contributed by atoms with Crippen molar-refractivity contribution in [2.45, 2.75) is 32.0 Å². The van der Waals surface area contributed by atoms with Crippen molar-refractivity contribution < 1.29 is 4.79 Å². The van der Waals surface area contributed by atoms with Crippen LogP contribution in [0.2, 0.25) is 0 Å². The Labute approximate surface area is 198 Å². The summed E-state index contributed by atoms with van der Waals surface area (Å²) in [6.07, 6.45) is 7.74. The van der Waals surface area contributed by atoms with Gasteiger partial charge in [-0.25, -0.2) is 19.9 Å². The Bertz CT molecular complexity index is 1220. The number of thioether (sulfide) groups is 1. The van der Waals surface area contributed by atoms with Gasteiger partial charge in [0, 0.05) is 31.8 Å². The number of benzene rings is 1. The van der Waals surface area contributed by atoms with Crippen molar-refractivity contribution in [3.63, 3.8) is 0 Å². The molecule has 4 rings (SSSR count). The van der Waals surface area contributed by atoms with E-state index in [0.29, 0.717) is 41.9 Å². The van der Waals surface area contributed by atoms with E-state index in [1.165, 1.54) is 29.2 Å². The largest absolute Gasteiger partial charge is 0.366 e. The topological polar surface area (TPSA) is 83.9 Å². The average molecular weight is 459 g/mol. The van der Waals surface area contributed by atoms with Gasteiger partial charge in [-0.2, -0.15) is 0 Å². The van der Waals surface area contributed by atoms with Crippen LogP contribution in [-0.2, 0) is 13.0 Å². The highest BCUT2D eigenvalue weighted by Crippen LogP contribution is 2.24. The number of hydrogen-bond acceptors (Lipinski definition) is 7. The molecule has 0 saturated carbocycles. The Kier molecular flexibility index (Phi) is 6.84. The molecule has 0 aliphatic carbocycles. The predicted molar refractivity (Wildman–Crippen MR) is 133 cm³/mol. The van der Waals surface area contributed by atoms with E-state index in [1.807, 2.05) is 13.2 Å². The minimum atomic E-state index is -0.137. The molecule has 1 N–H and O–H groups in total. The number of nitrogens with zero attached hydrogens (tertiary/aromatic N) is 5. The maximum Gasteiger partial charge on any atom is 0.262 e. The quantitative estimate of drug-likeness (QED) is 0.310. The molecular weight excluding hydrogens is 432 g/mol.